The van der Waals surface area contributed by atoms with E-state index in [0.29, 0.717) is 44.7 Å². The van der Waals surface area contributed by atoms with Crippen molar-refractivity contribution < 1.29 is 28.9 Å². The summed E-state index contributed by atoms with van der Waals surface area (Å²) in [6, 6.07) is 16.2. The molecule has 1 aliphatic heterocycles. The van der Waals surface area contributed by atoms with Gasteiger partial charge in [0.15, 0.2) is 11.5 Å². The Morgan fingerprint density at radius 3 is 2.72 bits per heavy atom. The molecule has 0 aliphatic carbocycles. The van der Waals surface area contributed by atoms with Gasteiger partial charge in [0.25, 0.3) is 0 Å². The Morgan fingerprint density at radius 2 is 1.89 bits per heavy atom. The van der Waals surface area contributed by atoms with E-state index >= 15 is 0 Å². The van der Waals surface area contributed by atoms with Gasteiger partial charge in [-0.1, -0.05) is 12.1 Å². The predicted octanol–water partition coefficient (Wildman–Crippen LogP) is 4.97. The van der Waals surface area contributed by atoms with Crippen molar-refractivity contribution in [3.05, 3.63) is 65.9 Å². The van der Waals surface area contributed by atoms with Gasteiger partial charge in [-0.25, -0.2) is 9.59 Å². The predicted molar refractivity (Wildman–Crippen MR) is 133 cm³/mol. The number of carbonyl (C=O) groups is 2. The van der Waals surface area contributed by atoms with Crippen molar-refractivity contribution in [3.8, 4) is 22.6 Å². The molecule has 10 nitrogen and oxygen atoms in total. The van der Waals surface area contributed by atoms with Gasteiger partial charge in [-0.05, 0) is 53.6 Å². The van der Waals surface area contributed by atoms with E-state index in [-0.39, 0.29) is 19.0 Å². The lowest BCUT2D eigenvalue weighted by Gasteiger charge is -2.10. The van der Waals surface area contributed by atoms with Crippen molar-refractivity contribution in [3.63, 3.8) is 0 Å². The van der Waals surface area contributed by atoms with Crippen LogP contribution in [0.2, 0.25) is 0 Å². The number of benzene rings is 3. The number of methoxy groups -OCH3 is 1. The average Bonchev–Trinajstić information content (AvgIpc) is 3.60. The first-order chi connectivity index (χ1) is 17.5. The minimum absolute atomic E-state index is 0.112. The molecule has 1 aliphatic rings. The Balaban J connectivity index is 1.58. The van der Waals surface area contributed by atoms with Crippen LogP contribution >= 0.6 is 11.7 Å². The van der Waals surface area contributed by atoms with Crippen molar-refractivity contribution in [2.45, 2.75) is 6.54 Å². The fourth-order valence-electron chi connectivity index (χ4n) is 4.44. The van der Waals surface area contributed by atoms with Crippen LogP contribution in [0.4, 0.5) is 10.5 Å². The number of carbonyl (C=O) groups excluding carboxylic acids is 1. The van der Waals surface area contributed by atoms with E-state index in [4.69, 9.17) is 14.2 Å². The normalized spacial score (nSPS) is 12.2. The van der Waals surface area contributed by atoms with Gasteiger partial charge in [0.2, 0.25) is 6.79 Å². The lowest BCUT2D eigenvalue weighted by atomic mass is 10.0. The van der Waals surface area contributed by atoms with Gasteiger partial charge < -0.3 is 23.9 Å². The van der Waals surface area contributed by atoms with E-state index in [2.05, 4.69) is 14.1 Å². The third-order valence-corrected chi connectivity index (χ3v) is 6.57. The molecule has 0 spiro atoms. The molecule has 6 rings (SSSR count). The molecule has 3 aromatic carbocycles. The minimum atomic E-state index is -1.08. The minimum Gasteiger partial charge on any atom is -0.477 e. The molecule has 0 saturated heterocycles. The third kappa shape index (κ3) is 3.66. The highest BCUT2D eigenvalue weighted by Crippen LogP contribution is 2.39. The van der Waals surface area contributed by atoms with Crippen LogP contribution in [-0.4, -0.2) is 44.4 Å². The molecule has 0 atom stereocenters. The molecule has 2 N–H and O–H groups in total. The molecule has 0 saturated carbocycles. The standard InChI is InChI=1S/C25H18N4O6S/c1-33-25(32)26-15-4-6-19-16(10-15)22(14-3-5-17-18(9-14)28-36-27-17)23(24(30)31)29(19)11-13-2-7-20-21(8-13)35-12-34-20/h2-10H,11-12H2,1H3,(H,26,32)(H,30,31). The molecule has 3 heterocycles. The van der Waals surface area contributed by atoms with Crippen LogP contribution in [0.25, 0.3) is 33.1 Å². The summed E-state index contributed by atoms with van der Waals surface area (Å²) >= 11 is 1.09. The monoisotopic (exact) mass is 502 g/mol. The maximum Gasteiger partial charge on any atom is 0.411 e. The highest BCUT2D eigenvalue weighted by Gasteiger charge is 2.25. The second-order valence-corrected chi connectivity index (χ2v) is 8.65. The molecule has 36 heavy (non-hydrogen) atoms. The van der Waals surface area contributed by atoms with Gasteiger partial charge in [0, 0.05) is 28.7 Å². The van der Waals surface area contributed by atoms with Crippen molar-refractivity contribution in [1.82, 2.24) is 13.3 Å². The van der Waals surface area contributed by atoms with Crippen molar-refractivity contribution in [1.29, 1.82) is 0 Å². The number of ether oxygens (including phenoxy) is 3. The smallest absolute Gasteiger partial charge is 0.411 e. The Hall–Kier alpha value is -4.64. The number of hydrogen-bond acceptors (Lipinski definition) is 8. The van der Waals surface area contributed by atoms with Crippen LogP contribution in [0.1, 0.15) is 16.1 Å². The molecule has 0 fully saturated rings. The molecule has 5 aromatic rings. The summed E-state index contributed by atoms with van der Waals surface area (Å²) in [7, 11) is 1.28. The number of nitrogens with one attached hydrogen (secondary N) is 1. The van der Waals surface area contributed by atoms with E-state index < -0.39 is 12.1 Å². The van der Waals surface area contributed by atoms with Crippen LogP contribution in [0, 0.1) is 0 Å². The maximum atomic E-state index is 12.7. The lowest BCUT2D eigenvalue weighted by molar-refractivity contribution is 0.0687. The highest BCUT2D eigenvalue weighted by molar-refractivity contribution is 7.00. The van der Waals surface area contributed by atoms with E-state index in [9.17, 15) is 14.7 Å². The molecule has 0 bridgehead atoms. The van der Waals surface area contributed by atoms with Gasteiger partial charge >= 0.3 is 12.1 Å². The first-order valence-electron chi connectivity index (χ1n) is 10.9. The zero-order valence-electron chi connectivity index (χ0n) is 18.8. The fraction of sp³-hybridized carbons (Fsp3) is 0.120. The molecule has 1 amide bonds. The van der Waals surface area contributed by atoms with Gasteiger partial charge in [0.05, 0.1) is 18.8 Å². The SMILES string of the molecule is COC(=O)Nc1ccc2c(c1)c(-c1ccc3nsnc3c1)c(C(=O)O)n2Cc1ccc2c(c1)OCO2. The summed E-state index contributed by atoms with van der Waals surface area (Å²) in [6.45, 7) is 0.429. The third-order valence-electron chi connectivity index (χ3n) is 6.02. The molecule has 0 radical (unpaired) electrons. The fourth-order valence-corrected chi connectivity index (χ4v) is 4.96. The summed E-state index contributed by atoms with van der Waals surface area (Å²) in [5.74, 6) is 0.187. The molecule has 0 unspecified atom stereocenters. The summed E-state index contributed by atoms with van der Waals surface area (Å²) < 4.78 is 25.9. The van der Waals surface area contributed by atoms with Crippen molar-refractivity contribution >= 4 is 51.4 Å². The van der Waals surface area contributed by atoms with Crippen LogP contribution in [0.3, 0.4) is 0 Å². The topological polar surface area (TPSA) is 125 Å². The van der Waals surface area contributed by atoms with E-state index in [0.717, 1.165) is 22.8 Å². The lowest BCUT2D eigenvalue weighted by Crippen LogP contribution is -2.11. The van der Waals surface area contributed by atoms with Gasteiger partial charge in [-0.15, -0.1) is 0 Å². The first-order valence-corrected chi connectivity index (χ1v) is 11.6. The van der Waals surface area contributed by atoms with E-state index in [1.807, 2.05) is 36.4 Å². The van der Waals surface area contributed by atoms with E-state index in [1.54, 1.807) is 22.8 Å². The number of fused-ring (bicyclic) bond motifs is 3. The first kappa shape index (κ1) is 21.9. The molecule has 11 heteroatoms. The van der Waals surface area contributed by atoms with Crippen molar-refractivity contribution in [2.24, 2.45) is 0 Å². The van der Waals surface area contributed by atoms with Gasteiger partial charge in [-0.2, -0.15) is 8.75 Å². The number of anilines is 1. The Labute approximate surface area is 208 Å². The molecular formula is C25H18N4O6S. The van der Waals surface area contributed by atoms with Crippen LogP contribution < -0.4 is 14.8 Å². The zero-order valence-corrected chi connectivity index (χ0v) is 19.7. The highest BCUT2D eigenvalue weighted by atomic mass is 32.1. The maximum absolute atomic E-state index is 12.7. The van der Waals surface area contributed by atoms with Crippen LogP contribution in [-0.2, 0) is 11.3 Å². The Kier molecular flexibility index (Phi) is 5.19. The summed E-state index contributed by atoms with van der Waals surface area (Å²) in [4.78, 5) is 24.5. The number of hydrogen-bond donors (Lipinski definition) is 2. The summed E-state index contributed by atoms with van der Waals surface area (Å²) in [5.41, 5.74) is 4.73. The number of aromatic nitrogens is 3. The average molecular weight is 503 g/mol. The second-order valence-electron chi connectivity index (χ2n) is 8.12. The zero-order chi connectivity index (χ0) is 24.8. The number of aromatic carboxylic acids is 1. The molecular weight excluding hydrogens is 484 g/mol. The number of nitrogens with zero attached hydrogens (tertiary/aromatic N) is 3. The Bertz CT molecular complexity index is 1670. The van der Waals surface area contributed by atoms with Crippen molar-refractivity contribution in [2.75, 3.05) is 19.2 Å². The molecule has 180 valence electrons. The van der Waals surface area contributed by atoms with E-state index in [1.165, 1.54) is 7.11 Å². The Morgan fingerprint density at radius 1 is 1.06 bits per heavy atom. The number of amides is 1. The number of rotatable bonds is 5. The molecule has 2 aromatic heterocycles. The second kappa shape index (κ2) is 8.54. The number of carboxylic acids is 1. The number of carboxylic acid groups (broad SMARTS) is 1. The van der Waals surface area contributed by atoms with Gasteiger partial charge in [-0.3, -0.25) is 5.32 Å². The summed E-state index contributed by atoms with van der Waals surface area (Å²) in [5, 5.41) is 13.7. The van der Waals surface area contributed by atoms with Crippen LogP contribution in [0.15, 0.2) is 54.6 Å². The van der Waals surface area contributed by atoms with Crippen LogP contribution in [0.5, 0.6) is 11.5 Å². The van der Waals surface area contributed by atoms with Gasteiger partial charge in [0.1, 0.15) is 16.7 Å². The summed E-state index contributed by atoms with van der Waals surface area (Å²) in [6.07, 6.45) is -0.621. The largest absolute Gasteiger partial charge is 0.477 e. The quantitative estimate of drug-likeness (QED) is 0.345.